The Labute approximate surface area is 103 Å². The number of nitrogens with zero attached hydrogens (tertiary/aromatic N) is 2. The molecule has 0 radical (unpaired) electrons. The van der Waals surface area contributed by atoms with Crippen LogP contribution in [0.5, 0.6) is 0 Å². The molecule has 0 bridgehead atoms. The van der Waals surface area contributed by atoms with Crippen LogP contribution < -0.4 is 0 Å². The summed E-state index contributed by atoms with van der Waals surface area (Å²) in [6.45, 7) is 10.8. The third kappa shape index (κ3) is 4.09. The lowest BCUT2D eigenvalue weighted by Crippen LogP contribution is -2.15. The molecule has 1 aromatic rings. The van der Waals surface area contributed by atoms with Crippen LogP contribution in [0.25, 0.3) is 0 Å². The normalized spacial score (nSPS) is 12.2. The summed E-state index contributed by atoms with van der Waals surface area (Å²) in [4.78, 5) is 8.85. The van der Waals surface area contributed by atoms with Crippen LogP contribution in [-0.2, 0) is 11.8 Å². The van der Waals surface area contributed by atoms with Crippen molar-refractivity contribution in [3.05, 3.63) is 22.7 Å². The Balaban J connectivity index is 2.90. The molecule has 0 fully saturated rings. The van der Waals surface area contributed by atoms with E-state index in [9.17, 15) is 0 Å². The van der Waals surface area contributed by atoms with Gasteiger partial charge in [-0.05, 0) is 18.4 Å². The van der Waals surface area contributed by atoms with E-state index < -0.39 is 0 Å². The third-order valence-electron chi connectivity index (χ3n) is 2.45. The molecule has 16 heavy (non-hydrogen) atoms. The Morgan fingerprint density at radius 2 is 1.88 bits per heavy atom. The molecule has 0 amide bonds. The maximum atomic E-state index is 6.02. The Bertz CT molecular complexity index is 353. The lowest BCUT2D eigenvalue weighted by molar-refractivity contribution is 0.546. The first-order chi connectivity index (χ1) is 7.29. The summed E-state index contributed by atoms with van der Waals surface area (Å²) in [5.41, 5.74) is 1.05. The first-order valence-electron chi connectivity index (χ1n) is 5.83. The predicted octanol–water partition coefficient (Wildman–Crippen LogP) is 4.02. The van der Waals surface area contributed by atoms with Gasteiger partial charge < -0.3 is 0 Å². The predicted molar refractivity (Wildman–Crippen MR) is 68.9 cm³/mol. The molecule has 0 atom stereocenters. The van der Waals surface area contributed by atoms with Crippen LogP contribution in [-0.4, -0.2) is 9.97 Å². The quantitative estimate of drug-likeness (QED) is 0.746. The fourth-order valence-corrected chi connectivity index (χ4v) is 1.58. The van der Waals surface area contributed by atoms with Crippen LogP contribution in [0.1, 0.15) is 52.6 Å². The highest BCUT2D eigenvalue weighted by Gasteiger charge is 2.17. The van der Waals surface area contributed by atoms with E-state index >= 15 is 0 Å². The summed E-state index contributed by atoms with van der Waals surface area (Å²) in [6, 6.07) is 1.86. The molecule has 0 saturated carbocycles. The molecular weight excluding hydrogens is 220 g/mol. The van der Waals surface area contributed by atoms with Crippen LogP contribution in [0, 0.1) is 5.92 Å². The van der Waals surface area contributed by atoms with Gasteiger partial charge in [0.05, 0.1) is 5.69 Å². The molecule has 0 aromatic carbocycles. The fraction of sp³-hybridized carbons (Fsp3) is 0.692. The molecule has 0 N–H and O–H groups in total. The maximum absolute atomic E-state index is 6.02. The molecule has 90 valence electrons. The van der Waals surface area contributed by atoms with E-state index in [2.05, 4.69) is 44.6 Å². The Morgan fingerprint density at radius 1 is 1.25 bits per heavy atom. The van der Waals surface area contributed by atoms with Gasteiger partial charge in [0.25, 0.3) is 0 Å². The number of hydrogen-bond donors (Lipinski definition) is 0. The lowest BCUT2D eigenvalue weighted by atomic mass is 9.92. The number of halogens is 1. The molecule has 0 aliphatic heterocycles. The molecule has 1 aromatic heterocycles. The summed E-state index contributed by atoms with van der Waals surface area (Å²) in [5, 5.41) is 0.554. The molecule has 3 heteroatoms. The van der Waals surface area contributed by atoms with Gasteiger partial charge in [-0.3, -0.25) is 0 Å². The van der Waals surface area contributed by atoms with Crippen molar-refractivity contribution < 1.29 is 0 Å². The monoisotopic (exact) mass is 240 g/mol. The van der Waals surface area contributed by atoms with Gasteiger partial charge in [-0.15, -0.1) is 0 Å². The van der Waals surface area contributed by atoms with E-state index in [1.54, 1.807) is 0 Å². The first kappa shape index (κ1) is 13.4. The Morgan fingerprint density at radius 3 is 2.38 bits per heavy atom. The van der Waals surface area contributed by atoms with E-state index in [4.69, 9.17) is 11.6 Å². The zero-order valence-corrected chi connectivity index (χ0v) is 11.6. The van der Waals surface area contributed by atoms with Crippen molar-refractivity contribution in [2.75, 3.05) is 0 Å². The second-order valence-electron chi connectivity index (χ2n) is 5.67. The van der Waals surface area contributed by atoms with Gasteiger partial charge in [0.15, 0.2) is 0 Å². The second-order valence-corrected chi connectivity index (χ2v) is 6.06. The molecule has 0 aliphatic rings. The number of aromatic nitrogens is 2. The minimum Gasteiger partial charge on any atom is -0.237 e. The average Bonchev–Trinajstić information content (AvgIpc) is 2.12. The molecule has 0 saturated heterocycles. The van der Waals surface area contributed by atoms with E-state index in [-0.39, 0.29) is 5.41 Å². The fourth-order valence-electron chi connectivity index (χ4n) is 1.38. The number of hydrogen-bond acceptors (Lipinski definition) is 2. The van der Waals surface area contributed by atoms with E-state index in [1.807, 2.05) is 6.07 Å². The SMILES string of the molecule is CC(C)CCc1nc(Cl)cc(C(C)(C)C)n1. The summed E-state index contributed by atoms with van der Waals surface area (Å²) in [7, 11) is 0. The van der Waals surface area contributed by atoms with Crippen LogP contribution in [0.3, 0.4) is 0 Å². The van der Waals surface area contributed by atoms with Crippen molar-refractivity contribution in [1.82, 2.24) is 9.97 Å². The summed E-state index contributed by atoms with van der Waals surface area (Å²) >= 11 is 6.02. The average molecular weight is 241 g/mol. The van der Waals surface area contributed by atoms with Gasteiger partial charge in [0, 0.05) is 11.8 Å². The van der Waals surface area contributed by atoms with Crippen LogP contribution in [0.15, 0.2) is 6.07 Å². The number of rotatable bonds is 3. The zero-order chi connectivity index (χ0) is 12.3. The van der Waals surface area contributed by atoms with Gasteiger partial charge in [-0.1, -0.05) is 46.2 Å². The first-order valence-corrected chi connectivity index (χ1v) is 6.21. The van der Waals surface area contributed by atoms with Crippen molar-refractivity contribution in [1.29, 1.82) is 0 Å². The lowest BCUT2D eigenvalue weighted by Gasteiger charge is -2.18. The topological polar surface area (TPSA) is 25.8 Å². The van der Waals surface area contributed by atoms with Crippen molar-refractivity contribution in [2.45, 2.75) is 52.9 Å². The van der Waals surface area contributed by atoms with Crippen molar-refractivity contribution in [2.24, 2.45) is 5.92 Å². The van der Waals surface area contributed by atoms with Crippen molar-refractivity contribution >= 4 is 11.6 Å². The zero-order valence-electron chi connectivity index (χ0n) is 10.8. The van der Waals surface area contributed by atoms with Gasteiger partial charge in [0.1, 0.15) is 11.0 Å². The van der Waals surface area contributed by atoms with Gasteiger partial charge >= 0.3 is 0 Å². The van der Waals surface area contributed by atoms with E-state index in [0.29, 0.717) is 11.1 Å². The summed E-state index contributed by atoms with van der Waals surface area (Å²) in [5.74, 6) is 1.53. The molecule has 1 heterocycles. The van der Waals surface area contributed by atoms with Gasteiger partial charge in [-0.25, -0.2) is 9.97 Å². The third-order valence-corrected chi connectivity index (χ3v) is 2.65. The van der Waals surface area contributed by atoms with Crippen LogP contribution >= 0.6 is 11.6 Å². The van der Waals surface area contributed by atoms with Gasteiger partial charge in [0.2, 0.25) is 0 Å². The summed E-state index contributed by atoms with van der Waals surface area (Å²) in [6.07, 6.45) is 2.01. The molecule has 0 unspecified atom stereocenters. The highest BCUT2D eigenvalue weighted by Crippen LogP contribution is 2.22. The number of aryl methyl sites for hydroxylation is 1. The largest absolute Gasteiger partial charge is 0.237 e. The molecule has 0 aliphatic carbocycles. The second kappa shape index (κ2) is 5.13. The maximum Gasteiger partial charge on any atom is 0.133 e. The minimum absolute atomic E-state index is 0.0269. The van der Waals surface area contributed by atoms with Gasteiger partial charge in [-0.2, -0.15) is 0 Å². The minimum atomic E-state index is 0.0269. The van der Waals surface area contributed by atoms with Crippen LogP contribution in [0.2, 0.25) is 5.15 Å². The van der Waals surface area contributed by atoms with Crippen molar-refractivity contribution in [3.63, 3.8) is 0 Å². The molecular formula is C13H21ClN2. The van der Waals surface area contributed by atoms with Crippen LogP contribution in [0.4, 0.5) is 0 Å². The Hall–Kier alpha value is -0.630. The molecule has 1 rings (SSSR count). The highest BCUT2D eigenvalue weighted by atomic mass is 35.5. The van der Waals surface area contributed by atoms with E-state index in [1.165, 1.54) is 0 Å². The molecule has 2 nitrogen and oxygen atoms in total. The Kier molecular flexibility index (Phi) is 4.31. The van der Waals surface area contributed by atoms with Crippen molar-refractivity contribution in [3.8, 4) is 0 Å². The summed E-state index contributed by atoms with van der Waals surface area (Å²) < 4.78 is 0. The highest BCUT2D eigenvalue weighted by molar-refractivity contribution is 6.29. The standard InChI is InChI=1S/C13H21ClN2/c1-9(2)6-7-12-15-10(13(3,4)5)8-11(14)16-12/h8-9H,6-7H2,1-5H3. The smallest absolute Gasteiger partial charge is 0.133 e. The molecule has 0 spiro atoms. The van der Waals surface area contributed by atoms with E-state index in [0.717, 1.165) is 24.4 Å².